The van der Waals surface area contributed by atoms with Crippen molar-refractivity contribution in [1.82, 2.24) is 15.1 Å². The van der Waals surface area contributed by atoms with Crippen molar-refractivity contribution in [3.63, 3.8) is 0 Å². The minimum absolute atomic E-state index is 0.164. The number of nitrogens with zero attached hydrogens (tertiary/aromatic N) is 3. The molecule has 4 aromatic rings. The van der Waals surface area contributed by atoms with E-state index in [1.165, 1.54) is 40.5 Å². The Hall–Kier alpha value is -3.78. The minimum Gasteiger partial charge on any atom is -0.350 e. The second-order valence-corrected chi connectivity index (χ2v) is 9.06. The van der Waals surface area contributed by atoms with Crippen LogP contribution in [0.25, 0.3) is 10.6 Å². The molecule has 6 nitrogen and oxygen atoms in total. The molecular formula is C25H21FN4O2S. The van der Waals surface area contributed by atoms with E-state index in [9.17, 15) is 14.0 Å². The maximum absolute atomic E-state index is 13.7. The largest absolute Gasteiger partial charge is 0.350 e. The van der Waals surface area contributed by atoms with E-state index >= 15 is 0 Å². The Morgan fingerprint density at radius 2 is 1.88 bits per heavy atom. The number of benzene rings is 2. The Morgan fingerprint density at radius 1 is 1.12 bits per heavy atom. The van der Waals surface area contributed by atoms with Gasteiger partial charge in [0.05, 0.1) is 11.4 Å². The van der Waals surface area contributed by atoms with E-state index in [-0.39, 0.29) is 18.4 Å². The third-order valence-corrected chi connectivity index (χ3v) is 6.69. The molecule has 0 bridgehead atoms. The number of thiophene rings is 1. The second-order valence-electron chi connectivity index (χ2n) is 8.11. The third kappa shape index (κ3) is 3.82. The average Bonchev–Trinajstić information content (AvgIpc) is 3.49. The van der Waals surface area contributed by atoms with Gasteiger partial charge in [-0.1, -0.05) is 36.4 Å². The van der Waals surface area contributed by atoms with E-state index < -0.39 is 11.4 Å². The van der Waals surface area contributed by atoms with Crippen LogP contribution in [0, 0.1) is 5.82 Å². The monoisotopic (exact) mass is 460 g/mol. The summed E-state index contributed by atoms with van der Waals surface area (Å²) in [5, 5.41) is 9.53. The highest BCUT2D eigenvalue weighted by molar-refractivity contribution is 7.13. The number of anilines is 1. The number of carbonyl (C=O) groups is 2. The number of rotatable bonds is 5. The van der Waals surface area contributed by atoms with Crippen LogP contribution in [0.5, 0.6) is 0 Å². The lowest BCUT2D eigenvalue weighted by molar-refractivity contribution is -0.126. The molecular weight excluding hydrogens is 439 g/mol. The molecule has 0 saturated heterocycles. The topological polar surface area (TPSA) is 67.2 Å². The van der Waals surface area contributed by atoms with Crippen molar-refractivity contribution in [2.45, 2.75) is 25.6 Å². The van der Waals surface area contributed by atoms with Crippen molar-refractivity contribution in [2.24, 2.45) is 0 Å². The van der Waals surface area contributed by atoms with E-state index in [0.29, 0.717) is 23.6 Å². The third-order valence-electron chi connectivity index (χ3n) is 5.80. The van der Waals surface area contributed by atoms with Crippen LogP contribution in [-0.2, 0) is 17.9 Å². The average molecular weight is 461 g/mol. The highest BCUT2D eigenvalue weighted by Gasteiger charge is 2.48. The highest BCUT2D eigenvalue weighted by atomic mass is 32.1. The molecule has 0 saturated carbocycles. The summed E-state index contributed by atoms with van der Waals surface area (Å²) in [6.07, 6.45) is 0. The summed E-state index contributed by atoms with van der Waals surface area (Å²) in [4.78, 5) is 29.6. The summed E-state index contributed by atoms with van der Waals surface area (Å²) in [5.74, 6) is -1.09. The zero-order valence-corrected chi connectivity index (χ0v) is 18.7. The number of nitrogens with one attached hydrogen (secondary N) is 1. The number of carbonyl (C=O) groups excluding carboxylic acids is 2. The van der Waals surface area contributed by atoms with E-state index in [1.54, 1.807) is 17.7 Å². The molecule has 33 heavy (non-hydrogen) atoms. The number of aromatic nitrogens is 2. The van der Waals surface area contributed by atoms with Gasteiger partial charge < -0.3 is 5.32 Å². The predicted octanol–water partition coefficient (Wildman–Crippen LogP) is 4.49. The van der Waals surface area contributed by atoms with Crippen LogP contribution in [0.1, 0.15) is 23.0 Å². The molecule has 2 aromatic heterocycles. The van der Waals surface area contributed by atoms with E-state index in [2.05, 4.69) is 10.4 Å². The van der Waals surface area contributed by atoms with E-state index in [0.717, 1.165) is 10.4 Å². The van der Waals surface area contributed by atoms with Gasteiger partial charge in [-0.05, 0) is 54.3 Å². The van der Waals surface area contributed by atoms with Crippen LogP contribution < -0.4 is 10.2 Å². The molecule has 8 heteroatoms. The maximum atomic E-state index is 13.7. The Bertz CT molecular complexity index is 1300. The molecule has 1 atom stereocenters. The molecule has 5 rings (SSSR count). The van der Waals surface area contributed by atoms with Crippen molar-refractivity contribution < 1.29 is 14.0 Å². The van der Waals surface area contributed by atoms with Gasteiger partial charge in [0.1, 0.15) is 22.7 Å². The van der Waals surface area contributed by atoms with Gasteiger partial charge in [-0.15, -0.1) is 11.3 Å². The van der Waals surface area contributed by atoms with Crippen LogP contribution >= 0.6 is 11.3 Å². The molecule has 1 N–H and O–H groups in total. The minimum atomic E-state index is -1.27. The Morgan fingerprint density at radius 3 is 2.58 bits per heavy atom. The fourth-order valence-corrected chi connectivity index (χ4v) is 4.77. The summed E-state index contributed by atoms with van der Waals surface area (Å²) in [5.41, 5.74) is 1.20. The quantitative estimate of drug-likeness (QED) is 0.477. The number of hydrogen-bond acceptors (Lipinski definition) is 4. The van der Waals surface area contributed by atoms with Crippen LogP contribution in [0.15, 0.2) is 78.2 Å². The molecule has 2 amide bonds. The number of fused-ring (bicyclic) bond motifs is 1. The van der Waals surface area contributed by atoms with Crippen molar-refractivity contribution in [2.75, 3.05) is 4.90 Å². The molecule has 1 aliphatic rings. The first-order chi connectivity index (χ1) is 16.0. The molecule has 0 unspecified atom stereocenters. The van der Waals surface area contributed by atoms with Crippen LogP contribution in [-0.4, -0.2) is 27.1 Å². The van der Waals surface area contributed by atoms with Gasteiger partial charge in [-0.3, -0.25) is 19.2 Å². The van der Waals surface area contributed by atoms with Gasteiger partial charge in [-0.2, -0.15) is 5.10 Å². The summed E-state index contributed by atoms with van der Waals surface area (Å²) >= 11 is 1.53. The van der Waals surface area contributed by atoms with Gasteiger partial charge in [-0.25, -0.2) is 4.39 Å². The predicted molar refractivity (Wildman–Crippen MR) is 125 cm³/mol. The molecule has 2 aromatic carbocycles. The number of amides is 2. The first-order valence-corrected chi connectivity index (χ1v) is 11.4. The standard InChI is InChI=1S/C25H21FN4O2S/c1-25(24(32)27-15-17-6-3-2-4-7-17)16-29-21(14-20(28-29)22-8-5-13-33-22)23(31)30(25)19-11-9-18(26)10-12-19/h2-14H,15-16H2,1H3,(H,27,32)/t25-/m0/s1. The molecule has 166 valence electrons. The Balaban J connectivity index is 1.54. The fraction of sp³-hybridized carbons (Fsp3) is 0.160. The zero-order valence-electron chi connectivity index (χ0n) is 17.9. The van der Waals surface area contributed by atoms with Crippen molar-refractivity contribution in [1.29, 1.82) is 0 Å². The summed E-state index contributed by atoms with van der Waals surface area (Å²) in [6.45, 7) is 2.20. The molecule has 0 spiro atoms. The Kier molecular flexibility index (Phi) is 5.30. The fourth-order valence-electron chi connectivity index (χ4n) is 4.09. The highest BCUT2D eigenvalue weighted by Crippen LogP contribution is 2.35. The number of hydrogen-bond donors (Lipinski definition) is 1. The van der Waals surface area contributed by atoms with Gasteiger partial charge >= 0.3 is 0 Å². The molecule has 0 aliphatic carbocycles. The van der Waals surface area contributed by atoms with Crippen LogP contribution in [0.4, 0.5) is 10.1 Å². The van der Waals surface area contributed by atoms with Crippen LogP contribution in [0.3, 0.4) is 0 Å². The van der Waals surface area contributed by atoms with Crippen LogP contribution in [0.2, 0.25) is 0 Å². The summed E-state index contributed by atoms with van der Waals surface area (Å²) in [7, 11) is 0. The lowest BCUT2D eigenvalue weighted by Gasteiger charge is -2.43. The summed E-state index contributed by atoms with van der Waals surface area (Å²) < 4.78 is 15.2. The molecule has 3 heterocycles. The second kappa shape index (κ2) is 8.29. The smallest absolute Gasteiger partial charge is 0.277 e. The molecule has 0 radical (unpaired) electrons. The first kappa shape index (κ1) is 21.1. The van der Waals surface area contributed by atoms with Crippen molar-refractivity contribution in [3.8, 4) is 10.6 Å². The van der Waals surface area contributed by atoms with E-state index in [4.69, 9.17) is 0 Å². The molecule has 1 aliphatic heterocycles. The number of halogens is 1. The van der Waals surface area contributed by atoms with Crippen molar-refractivity contribution in [3.05, 3.63) is 95.3 Å². The van der Waals surface area contributed by atoms with Gasteiger partial charge in [0, 0.05) is 12.2 Å². The zero-order chi connectivity index (χ0) is 23.0. The normalized spacial score (nSPS) is 17.6. The van der Waals surface area contributed by atoms with Gasteiger partial charge in [0.15, 0.2) is 0 Å². The van der Waals surface area contributed by atoms with Gasteiger partial charge in [0.2, 0.25) is 5.91 Å². The van der Waals surface area contributed by atoms with Crippen molar-refractivity contribution >= 4 is 28.8 Å². The lowest BCUT2D eigenvalue weighted by Crippen LogP contribution is -2.64. The maximum Gasteiger partial charge on any atom is 0.277 e. The van der Waals surface area contributed by atoms with Gasteiger partial charge in [0.25, 0.3) is 5.91 Å². The Labute approximate surface area is 194 Å². The lowest BCUT2D eigenvalue weighted by atomic mass is 9.94. The summed E-state index contributed by atoms with van der Waals surface area (Å²) in [6, 6.07) is 20.8. The first-order valence-electron chi connectivity index (χ1n) is 10.5. The van der Waals surface area contributed by atoms with E-state index in [1.807, 2.05) is 47.8 Å². The molecule has 0 fully saturated rings. The SMILES string of the molecule is C[C@@]1(C(=O)NCc2ccccc2)Cn2nc(-c3cccs3)cc2C(=O)N1c1ccc(F)cc1.